The highest BCUT2D eigenvalue weighted by Crippen LogP contribution is 2.18. The summed E-state index contributed by atoms with van der Waals surface area (Å²) < 4.78 is 0. The van der Waals surface area contributed by atoms with Gasteiger partial charge in [0.1, 0.15) is 0 Å². The summed E-state index contributed by atoms with van der Waals surface area (Å²) in [6.45, 7) is 1.64. The van der Waals surface area contributed by atoms with Crippen molar-refractivity contribution in [2.45, 2.75) is 12.8 Å². The van der Waals surface area contributed by atoms with Gasteiger partial charge >= 0.3 is 0 Å². The summed E-state index contributed by atoms with van der Waals surface area (Å²) in [5.41, 5.74) is 11.2. The minimum Gasteiger partial charge on any atom is -0.369 e. The first-order chi connectivity index (χ1) is 6.54. The van der Waals surface area contributed by atoms with E-state index in [2.05, 4.69) is 0 Å². The molecule has 4 heteroatoms. The van der Waals surface area contributed by atoms with E-state index in [1.807, 2.05) is 0 Å². The molecule has 74 valence electrons. The SMILES string of the molecule is C[C@H](C(N)=O)c1ccccc1C(N)=O. The van der Waals surface area contributed by atoms with Gasteiger partial charge in [-0.2, -0.15) is 0 Å². The molecule has 1 rings (SSSR count). The molecule has 0 aliphatic heterocycles. The highest BCUT2D eigenvalue weighted by atomic mass is 16.1. The molecule has 0 aliphatic rings. The lowest BCUT2D eigenvalue weighted by molar-refractivity contribution is -0.119. The van der Waals surface area contributed by atoms with Crippen LogP contribution in [0.2, 0.25) is 0 Å². The number of carbonyl (C=O) groups excluding carboxylic acids is 2. The van der Waals surface area contributed by atoms with Crippen molar-refractivity contribution >= 4 is 11.8 Å². The van der Waals surface area contributed by atoms with Crippen LogP contribution in [-0.2, 0) is 4.79 Å². The Kier molecular flexibility index (Phi) is 2.86. The Labute approximate surface area is 81.9 Å². The maximum absolute atomic E-state index is 11.0. The van der Waals surface area contributed by atoms with Crippen molar-refractivity contribution in [3.8, 4) is 0 Å². The van der Waals surface area contributed by atoms with Gasteiger partial charge in [-0.15, -0.1) is 0 Å². The molecule has 4 nitrogen and oxygen atoms in total. The highest BCUT2D eigenvalue weighted by Gasteiger charge is 2.17. The molecule has 14 heavy (non-hydrogen) atoms. The molecule has 0 saturated heterocycles. The Morgan fingerprint density at radius 3 is 2.29 bits per heavy atom. The Bertz CT molecular complexity index is 374. The summed E-state index contributed by atoms with van der Waals surface area (Å²) in [7, 11) is 0. The lowest BCUT2D eigenvalue weighted by atomic mass is 9.95. The molecule has 1 atom stereocenters. The first-order valence-corrected chi connectivity index (χ1v) is 4.22. The van der Waals surface area contributed by atoms with Gasteiger partial charge in [0, 0.05) is 5.56 Å². The predicted molar refractivity (Wildman–Crippen MR) is 52.6 cm³/mol. The van der Waals surface area contributed by atoms with Crippen molar-refractivity contribution in [2.75, 3.05) is 0 Å². The van der Waals surface area contributed by atoms with E-state index in [0.717, 1.165) is 0 Å². The van der Waals surface area contributed by atoms with Gasteiger partial charge in [-0.3, -0.25) is 9.59 Å². The van der Waals surface area contributed by atoms with E-state index in [9.17, 15) is 9.59 Å². The molecular weight excluding hydrogens is 180 g/mol. The van der Waals surface area contributed by atoms with Crippen molar-refractivity contribution in [1.29, 1.82) is 0 Å². The van der Waals surface area contributed by atoms with Gasteiger partial charge in [0.05, 0.1) is 5.92 Å². The van der Waals surface area contributed by atoms with Crippen LogP contribution < -0.4 is 11.5 Å². The van der Waals surface area contributed by atoms with Crippen LogP contribution in [0.5, 0.6) is 0 Å². The maximum atomic E-state index is 11.0. The van der Waals surface area contributed by atoms with Gasteiger partial charge in [-0.25, -0.2) is 0 Å². The minimum absolute atomic E-state index is 0.346. The molecule has 0 fully saturated rings. The van der Waals surface area contributed by atoms with Crippen LogP contribution in [-0.4, -0.2) is 11.8 Å². The normalized spacial score (nSPS) is 12.1. The molecule has 1 aromatic rings. The van der Waals surface area contributed by atoms with Gasteiger partial charge < -0.3 is 11.5 Å². The minimum atomic E-state index is -0.547. The largest absolute Gasteiger partial charge is 0.369 e. The fourth-order valence-corrected chi connectivity index (χ4v) is 1.25. The van der Waals surface area contributed by atoms with Gasteiger partial charge in [0.25, 0.3) is 0 Å². The maximum Gasteiger partial charge on any atom is 0.249 e. The van der Waals surface area contributed by atoms with E-state index in [1.165, 1.54) is 0 Å². The highest BCUT2D eigenvalue weighted by molar-refractivity contribution is 5.96. The second-order valence-corrected chi connectivity index (χ2v) is 3.08. The molecule has 0 saturated carbocycles. The van der Waals surface area contributed by atoms with E-state index >= 15 is 0 Å². The van der Waals surface area contributed by atoms with Crippen molar-refractivity contribution in [3.63, 3.8) is 0 Å². The molecule has 0 bridgehead atoms. The lowest BCUT2D eigenvalue weighted by Gasteiger charge is -2.10. The second-order valence-electron chi connectivity index (χ2n) is 3.08. The molecule has 2 amide bonds. The second kappa shape index (κ2) is 3.91. The fraction of sp³-hybridized carbons (Fsp3) is 0.200. The lowest BCUT2D eigenvalue weighted by Crippen LogP contribution is -2.22. The third-order valence-corrected chi connectivity index (χ3v) is 2.12. The Morgan fingerprint density at radius 1 is 1.21 bits per heavy atom. The topological polar surface area (TPSA) is 86.2 Å². The van der Waals surface area contributed by atoms with Crippen molar-refractivity contribution in [1.82, 2.24) is 0 Å². The quantitative estimate of drug-likeness (QED) is 0.725. The average molecular weight is 192 g/mol. The van der Waals surface area contributed by atoms with Crippen molar-refractivity contribution < 1.29 is 9.59 Å². The standard InChI is InChI=1S/C10H12N2O2/c1-6(9(11)13)7-4-2-3-5-8(7)10(12)14/h2-6H,1H3,(H2,11,13)(H2,12,14)/t6-/m0/s1. The van der Waals surface area contributed by atoms with E-state index in [0.29, 0.717) is 11.1 Å². The fourth-order valence-electron chi connectivity index (χ4n) is 1.25. The van der Waals surface area contributed by atoms with Crippen LogP contribution in [0.4, 0.5) is 0 Å². The van der Waals surface area contributed by atoms with E-state index in [4.69, 9.17) is 11.5 Å². The number of nitrogens with two attached hydrogens (primary N) is 2. The number of carbonyl (C=O) groups is 2. The third kappa shape index (κ3) is 1.90. The van der Waals surface area contributed by atoms with Gasteiger partial charge in [-0.1, -0.05) is 18.2 Å². The molecule has 0 radical (unpaired) electrons. The van der Waals surface area contributed by atoms with Gasteiger partial charge in [0.2, 0.25) is 11.8 Å². The average Bonchev–Trinajstić information content (AvgIpc) is 2.16. The van der Waals surface area contributed by atoms with Crippen LogP contribution in [0.15, 0.2) is 24.3 Å². The smallest absolute Gasteiger partial charge is 0.249 e. The third-order valence-electron chi connectivity index (χ3n) is 2.12. The zero-order valence-corrected chi connectivity index (χ0v) is 7.86. The van der Waals surface area contributed by atoms with Gasteiger partial charge in [0.15, 0.2) is 0 Å². The van der Waals surface area contributed by atoms with Crippen LogP contribution in [0.3, 0.4) is 0 Å². The van der Waals surface area contributed by atoms with E-state index in [1.54, 1.807) is 31.2 Å². The first kappa shape index (κ1) is 10.2. The van der Waals surface area contributed by atoms with Crippen molar-refractivity contribution in [3.05, 3.63) is 35.4 Å². The summed E-state index contributed by atoms with van der Waals surface area (Å²) in [4.78, 5) is 22.0. The molecule has 1 aromatic carbocycles. The number of hydrogen-bond acceptors (Lipinski definition) is 2. The number of benzene rings is 1. The van der Waals surface area contributed by atoms with Crippen LogP contribution in [0, 0.1) is 0 Å². The summed E-state index contributed by atoms with van der Waals surface area (Å²) in [5, 5.41) is 0. The van der Waals surface area contributed by atoms with Gasteiger partial charge in [-0.05, 0) is 18.6 Å². The molecule has 0 aliphatic carbocycles. The number of hydrogen-bond donors (Lipinski definition) is 2. The number of amides is 2. The Balaban J connectivity index is 3.19. The van der Waals surface area contributed by atoms with E-state index in [-0.39, 0.29) is 0 Å². The Morgan fingerprint density at radius 2 is 1.79 bits per heavy atom. The van der Waals surface area contributed by atoms with Crippen molar-refractivity contribution in [2.24, 2.45) is 11.5 Å². The summed E-state index contributed by atoms with van der Waals surface area (Å²) >= 11 is 0. The monoisotopic (exact) mass is 192 g/mol. The number of primary amides is 2. The molecule has 0 unspecified atom stereocenters. The predicted octanol–water partition coefficient (Wildman–Crippen LogP) is 0.374. The van der Waals surface area contributed by atoms with E-state index < -0.39 is 17.7 Å². The summed E-state index contributed by atoms with van der Waals surface area (Å²) in [5.74, 6) is -1.52. The summed E-state index contributed by atoms with van der Waals surface area (Å²) in [6.07, 6.45) is 0. The Hall–Kier alpha value is -1.84. The first-order valence-electron chi connectivity index (χ1n) is 4.22. The molecule has 0 aromatic heterocycles. The molecular formula is C10H12N2O2. The zero-order valence-electron chi connectivity index (χ0n) is 7.86. The van der Waals surface area contributed by atoms with Crippen LogP contribution >= 0.6 is 0 Å². The zero-order chi connectivity index (χ0) is 10.7. The molecule has 0 spiro atoms. The van der Waals surface area contributed by atoms with Crippen LogP contribution in [0.25, 0.3) is 0 Å². The molecule has 0 heterocycles. The molecule has 4 N–H and O–H groups in total. The summed E-state index contributed by atoms with van der Waals surface area (Å²) in [6, 6.07) is 6.69. The van der Waals surface area contributed by atoms with Crippen LogP contribution in [0.1, 0.15) is 28.8 Å². The number of rotatable bonds is 3.